The summed E-state index contributed by atoms with van der Waals surface area (Å²) < 4.78 is 0. The predicted octanol–water partition coefficient (Wildman–Crippen LogP) is 10.1. The lowest BCUT2D eigenvalue weighted by atomic mass is 10.1. The van der Waals surface area contributed by atoms with Crippen LogP contribution in [0.5, 0.6) is 0 Å². The number of aryl methyl sites for hydroxylation is 1. The van der Waals surface area contributed by atoms with Crippen molar-refractivity contribution >= 4 is 44.9 Å². The van der Waals surface area contributed by atoms with E-state index in [0.29, 0.717) is 0 Å². The smallest absolute Gasteiger partial charge is 0.0540 e. The molecule has 2 nitrogen and oxygen atoms in total. The van der Waals surface area contributed by atoms with Gasteiger partial charge in [0.1, 0.15) is 0 Å². The molecule has 0 aromatic heterocycles. The Morgan fingerprint density at radius 3 is 1.41 bits per heavy atom. The first-order chi connectivity index (χ1) is 18.3. The molecule has 0 amide bonds. The van der Waals surface area contributed by atoms with Gasteiger partial charge in [-0.25, -0.2) is 0 Å². The predicted molar refractivity (Wildman–Crippen MR) is 158 cm³/mol. The molecular weight excluding hydrogens is 448 g/mol. The molecule has 0 atom stereocenters. The molecule has 0 fully saturated rings. The maximum Gasteiger partial charge on any atom is 0.0540 e. The van der Waals surface area contributed by atoms with Crippen molar-refractivity contribution in [3.05, 3.63) is 157 Å². The highest BCUT2D eigenvalue weighted by Crippen LogP contribution is 2.41. The van der Waals surface area contributed by atoms with Crippen LogP contribution in [0.25, 0.3) is 10.8 Å². The normalized spacial score (nSPS) is 10.8. The molecule has 0 heterocycles. The summed E-state index contributed by atoms with van der Waals surface area (Å²) in [5, 5.41) is 2.45. The van der Waals surface area contributed by atoms with Crippen molar-refractivity contribution in [1.82, 2.24) is 0 Å². The largest absolute Gasteiger partial charge is 0.311 e. The number of hydrogen-bond donors (Lipinski definition) is 0. The zero-order chi connectivity index (χ0) is 25.0. The Bertz CT molecular complexity index is 1600. The standard InChI is InChI=1S/C35H28N2/c1-27-19-21-31(22-20-27)36(29-13-4-2-5-14-29)32-23-25-33(26-24-32)37(30-15-6-3-7-16-30)35-18-10-12-28-11-8-9-17-34(28)35/h2-26H,1H3. The Morgan fingerprint density at radius 2 is 0.784 bits per heavy atom. The van der Waals surface area contributed by atoms with Gasteiger partial charge in [-0.05, 0) is 79.0 Å². The van der Waals surface area contributed by atoms with E-state index in [0.717, 1.165) is 34.1 Å². The Labute approximate surface area is 218 Å². The van der Waals surface area contributed by atoms with Gasteiger partial charge in [-0.3, -0.25) is 0 Å². The maximum atomic E-state index is 2.34. The Hall–Kier alpha value is -4.82. The molecule has 0 aliphatic carbocycles. The Balaban J connectivity index is 1.47. The number of fused-ring (bicyclic) bond motifs is 1. The fourth-order valence-corrected chi connectivity index (χ4v) is 4.88. The van der Waals surface area contributed by atoms with E-state index in [1.165, 1.54) is 16.3 Å². The highest BCUT2D eigenvalue weighted by molar-refractivity contribution is 5.99. The zero-order valence-corrected chi connectivity index (χ0v) is 20.8. The van der Waals surface area contributed by atoms with Crippen LogP contribution >= 0.6 is 0 Å². The molecule has 2 heteroatoms. The third-order valence-electron chi connectivity index (χ3n) is 6.69. The lowest BCUT2D eigenvalue weighted by Crippen LogP contribution is -2.12. The number of anilines is 6. The summed E-state index contributed by atoms with van der Waals surface area (Å²) in [6.45, 7) is 2.12. The topological polar surface area (TPSA) is 6.48 Å². The SMILES string of the molecule is Cc1ccc(N(c2ccccc2)c2ccc(N(c3ccccc3)c3cccc4ccccc34)cc2)cc1. The molecule has 178 valence electrons. The molecule has 0 N–H and O–H groups in total. The van der Waals surface area contributed by atoms with Crippen LogP contribution < -0.4 is 9.80 Å². The Morgan fingerprint density at radius 1 is 0.351 bits per heavy atom. The molecule has 0 unspecified atom stereocenters. The molecule has 0 aliphatic heterocycles. The van der Waals surface area contributed by atoms with E-state index in [1.807, 2.05) is 0 Å². The first-order valence-corrected chi connectivity index (χ1v) is 12.6. The van der Waals surface area contributed by atoms with Crippen molar-refractivity contribution in [3.63, 3.8) is 0 Å². The van der Waals surface area contributed by atoms with Crippen molar-refractivity contribution < 1.29 is 0 Å². The summed E-state index contributed by atoms with van der Waals surface area (Å²) >= 11 is 0. The summed E-state index contributed by atoms with van der Waals surface area (Å²) in [7, 11) is 0. The van der Waals surface area contributed by atoms with Crippen molar-refractivity contribution in [1.29, 1.82) is 0 Å². The summed E-state index contributed by atoms with van der Waals surface area (Å²) in [5.74, 6) is 0. The van der Waals surface area contributed by atoms with E-state index in [1.54, 1.807) is 0 Å². The number of nitrogens with zero attached hydrogens (tertiary/aromatic N) is 2. The zero-order valence-electron chi connectivity index (χ0n) is 20.8. The Kier molecular flexibility index (Phi) is 6.14. The van der Waals surface area contributed by atoms with Gasteiger partial charge in [-0.1, -0.05) is 90.5 Å². The van der Waals surface area contributed by atoms with Crippen LogP contribution in [0.15, 0.2) is 152 Å². The van der Waals surface area contributed by atoms with E-state index in [-0.39, 0.29) is 0 Å². The second-order valence-corrected chi connectivity index (χ2v) is 9.19. The van der Waals surface area contributed by atoms with Gasteiger partial charge in [0.2, 0.25) is 0 Å². The number of para-hydroxylation sites is 2. The third-order valence-corrected chi connectivity index (χ3v) is 6.69. The average Bonchev–Trinajstić information content (AvgIpc) is 2.96. The van der Waals surface area contributed by atoms with Gasteiger partial charge >= 0.3 is 0 Å². The summed E-state index contributed by atoms with van der Waals surface area (Å²) in [5.41, 5.74) is 8.04. The van der Waals surface area contributed by atoms with Crippen LogP contribution in [0, 0.1) is 6.92 Å². The minimum Gasteiger partial charge on any atom is -0.311 e. The van der Waals surface area contributed by atoms with E-state index in [9.17, 15) is 0 Å². The molecule has 0 saturated heterocycles. The average molecular weight is 477 g/mol. The molecule has 0 bridgehead atoms. The summed E-state index contributed by atoms with van der Waals surface area (Å²) in [6, 6.07) is 53.7. The molecule has 6 aromatic rings. The lowest BCUT2D eigenvalue weighted by molar-refractivity contribution is 1.26. The minimum absolute atomic E-state index is 1.11. The van der Waals surface area contributed by atoms with Crippen LogP contribution in [0.4, 0.5) is 34.1 Å². The van der Waals surface area contributed by atoms with Crippen LogP contribution in [-0.2, 0) is 0 Å². The van der Waals surface area contributed by atoms with Gasteiger partial charge < -0.3 is 9.80 Å². The molecule has 37 heavy (non-hydrogen) atoms. The van der Waals surface area contributed by atoms with Gasteiger partial charge in [0, 0.05) is 33.8 Å². The van der Waals surface area contributed by atoms with Crippen molar-refractivity contribution in [3.8, 4) is 0 Å². The van der Waals surface area contributed by atoms with Gasteiger partial charge in [0.15, 0.2) is 0 Å². The van der Waals surface area contributed by atoms with Crippen LogP contribution in [0.3, 0.4) is 0 Å². The molecule has 0 aliphatic rings. The third kappa shape index (κ3) is 4.57. The van der Waals surface area contributed by atoms with E-state index < -0.39 is 0 Å². The summed E-state index contributed by atoms with van der Waals surface area (Å²) in [6.07, 6.45) is 0. The van der Waals surface area contributed by atoms with E-state index >= 15 is 0 Å². The van der Waals surface area contributed by atoms with E-state index in [2.05, 4.69) is 168 Å². The number of benzene rings is 6. The monoisotopic (exact) mass is 476 g/mol. The first-order valence-electron chi connectivity index (χ1n) is 12.6. The van der Waals surface area contributed by atoms with Crippen LogP contribution in [-0.4, -0.2) is 0 Å². The van der Waals surface area contributed by atoms with Crippen molar-refractivity contribution in [2.45, 2.75) is 6.92 Å². The number of rotatable bonds is 6. The highest BCUT2D eigenvalue weighted by atomic mass is 15.2. The van der Waals surface area contributed by atoms with Gasteiger partial charge in [-0.2, -0.15) is 0 Å². The molecule has 0 spiro atoms. The molecular formula is C35H28N2. The second kappa shape index (κ2) is 10.0. The maximum absolute atomic E-state index is 2.34. The lowest BCUT2D eigenvalue weighted by Gasteiger charge is -2.29. The quantitative estimate of drug-likeness (QED) is 0.236. The minimum atomic E-state index is 1.11. The highest BCUT2D eigenvalue weighted by Gasteiger charge is 2.17. The second-order valence-electron chi connectivity index (χ2n) is 9.19. The van der Waals surface area contributed by atoms with Crippen molar-refractivity contribution in [2.75, 3.05) is 9.80 Å². The first kappa shape index (κ1) is 22.6. The van der Waals surface area contributed by atoms with Crippen molar-refractivity contribution in [2.24, 2.45) is 0 Å². The van der Waals surface area contributed by atoms with Gasteiger partial charge in [0.05, 0.1) is 5.69 Å². The molecule has 6 aromatic carbocycles. The molecule has 0 saturated carbocycles. The number of hydrogen-bond acceptors (Lipinski definition) is 2. The molecule has 6 rings (SSSR count). The van der Waals surface area contributed by atoms with Gasteiger partial charge in [-0.15, -0.1) is 0 Å². The summed E-state index contributed by atoms with van der Waals surface area (Å²) in [4.78, 5) is 4.64. The fourth-order valence-electron chi connectivity index (χ4n) is 4.88. The molecule has 0 radical (unpaired) electrons. The van der Waals surface area contributed by atoms with Crippen LogP contribution in [0.1, 0.15) is 5.56 Å². The van der Waals surface area contributed by atoms with Gasteiger partial charge in [0.25, 0.3) is 0 Å². The van der Waals surface area contributed by atoms with E-state index in [4.69, 9.17) is 0 Å². The fraction of sp³-hybridized carbons (Fsp3) is 0.0286. The van der Waals surface area contributed by atoms with Crippen LogP contribution in [0.2, 0.25) is 0 Å².